The van der Waals surface area contributed by atoms with Gasteiger partial charge in [-0.15, -0.1) is 11.3 Å². The number of hydrogen-bond donors (Lipinski definition) is 1. The largest absolute Gasteiger partial charge is 0.310 e. The first-order valence-electron chi connectivity index (χ1n) is 4.97. The second-order valence-electron chi connectivity index (χ2n) is 3.76. The molecule has 0 saturated heterocycles. The molecule has 14 heavy (non-hydrogen) atoms. The molecule has 3 heteroatoms. The fourth-order valence-electron chi connectivity index (χ4n) is 1.12. The van der Waals surface area contributed by atoms with Crippen LogP contribution in [0.25, 0.3) is 0 Å². The highest BCUT2D eigenvalue weighted by Crippen LogP contribution is 2.08. The van der Waals surface area contributed by atoms with E-state index in [2.05, 4.69) is 19.2 Å². The summed E-state index contributed by atoms with van der Waals surface area (Å²) in [6.45, 7) is 5.76. The number of thiophene rings is 1. The van der Waals surface area contributed by atoms with Gasteiger partial charge in [0.25, 0.3) is 0 Å². The van der Waals surface area contributed by atoms with E-state index in [0.29, 0.717) is 12.5 Å². The molecule has 0 spiro atoms. The van der Waals surface area contributed by atoms with Gasteiger partial charge in [0.2, 0.25) is 0 Å². The maximum Gasteiger partial charge on any atom is 0.186 e. The van der Waals surface area contributed by atoms with Crippen LogP contribution in [0.2, 0.25) is 0 Å². The number of carbonyl (C=O) groups excluding carboxylic acids is 1. The Morgan fingerprint density at radius 1 is 1.57 bits per heavy atom. The predicted octanol–water partition coefficient (Wildman–Crippen LogP) is 2.57. The van der Waals surface area contributed by atoms with Crippen molar-refractivity contribution in [3.05, 3.63) is 22.4 Å². The second-order valence-corrected chi connectivity index (χ2v) is 4.71. The Balaban J connectivity index is 2.16. The lowest BCUT2D eigenvalue weighted by atomic mass is 10.1. The molecule has 0 amide bonds. The molecular formula is C11H17NOS. The first kappa shape index (κ1) is 11.4. The maximum absolute atomic E-state index is 11.5. The quantitative estimate of drug-likeness (QED) is 0.579. The lowest BCUT2D eigenvalue weighted by Gasteiger charge is -2.05. The monoisotopic (exact) mass is 211 g/mol. The molecule has 0 radical (unpaired) electrons. The number of rotatable bonds is 6. The zero-order chi connectivity index (χ0) is 10.4. The van der Waals surface area contributed by atoms with Crippen molar-refractivity contribution >= 4 is 17.1 Å². The minimum atomic E-state index is 0.198. The Bertz CT molecular complexity index is 267. The van der Waals surface area contributed by atoms with Gasteiger partial charge in [0.15, 0.2) is 5.78 Å². The summed E-state index contributed by atoms with van der Waals surface area (Å²) in [5, 5.41) is 5.09. The van der Waals surface area contributed by atoms with Gasteiger partial charge in [-0.2, -0.15) is 0 Å². The fraction of sp³-hybridized carbons (Fsp3) is 0.545. The van der Waals surface area contributed by atoms with Crippen LogP contribution in [-0.2, 0) is 0 Å². The molecule has 1 aromatic heterocycles. The zero-order valence-corrected chi connectivity index (χ0v) is 9.56. The van der Waals surface area contributed by atoms with Crippen molar-refractivity contribution in [1.29, 1.82) is 0 Å². The van der Waals surface area contributed by atoms with Gasteiger partial charge >= 0.3 is 0 Å². The van der Waals surface area contributed by atoms with Gasteiger partial charge in [-0.05, 0) is 30.3 Å². The molecule has 78 valence electrons. The summed E-state index contributed by atoms with van der Waals surface area (Å²) in [7, 11) is 0. The number of carbonyl (C=O) groups is 1. The van der Waals surface area contributed by atoms with Gasteiger partial charge in [0, 0.05) is 0 Å². The summed E-state index contributed by atoms with van der Waals surface area (Å²) in [5.74, 6) is 0.892. The van der Waals surface area contributed by atoms with Gasteiger partial charge in [-0.1, -0.05) is 19.9 Å². The molecule has 0 aromatic carbocycles. The normalized spacial score (nSPS) is 10.8. The van der Waals surface area contributed by atoms with Gasteiger partial charge in [-0.3, -0.25) is 4.79 Å². The molecule has 1 aromatic rings. The molecule has 0 aliphatic rings. The summed E-state index contributed by atoms with van der Waals surface area (Å²) in [6.07, 6.45) is 1.12. The summed E-state index contributed by atoms with van der Waals surface area (Å²) in [5.41, 5.74) is 0. The van der Waals surface area contributed by atoms with Crippen molar-refractivity contribution in [2.45, 2.75) is 20.3 Å². The van der Waals surface area contributed by atoms with Crippen molar-refractivity contribution in [3.8, 4) is 0 Å². The second kappa shape index (κ2) is 5.94. The first-order valence-corrected chi connectivity index (χ1v) is 5.85. The lowest BCUT2D eigenvalue weighted by Crippen LogP contribution is -2.24. The van der Waals surface area contributed by atoms with E-state index in [1.807, 2.05) is 17.5 Å². The Hall–Kier alpha value is -0.670. The Morgan fingerprint density at radius 2 is 2.36 bits per heavy atom. The van der Waals surface area contributed by atoms with Crippen LogP contribution in [0.4, 0.5) is 0 Å². The lowest BCUT2D eigenvalue weighted by molar-refractivity contribution is 0.0994. The van der Waals surface area contributed by atoms with Gasteiger partial charge < -0.3 is 5.32 Å². The van der Waals surface area contributed by atoms with E-state index in [9.17, 15) is 4.79 Å². The number of ketones is 1. The average molecular weight is 211 g/mol. The van der Waals surface area contributed by atoms with E-state index in [0.717, 1.165) is 17.8 Å². The minimum absolute atomic E-state index is 0.198. The van der Waals surface area contributed by atoms with E-state index < -0.39 is 0 Å². The smallest absolute Gasteiger partial charge is 0.186 e. The third kappa shape index (κ3) is 4.03. The molecule has 0 unspecified atom stereocenters. The number of nitrogens with one attached hydrogen (secondary N) is 1. The average Bonchev–Trinajstić information content (AvgIpc) is 2.64. The third-order valence-corrected chi connectivity index (χ3v) is 2.89. The predicted molar refractivity (Wildman–Crippen MR) is 61.0 cm³/mol. The van der Waals surface area contributed by atoms with E-state index in [-0.39, 0.29) is 5.78 Å². The molecule has 1 N–H and O–H groups in total. The molecule has 2 nitrogen and oxygen atoms in total. The maximum atomic E-state index is 11.5. The van der Waals surface area contributed by atoms with Crippen LogP contribution in [0.15, 0.2) is 17.5 Å². The van der Waals surface area contributed by atoms with Crippen molar-refractivity contribution in [2.75, 3.05) is 13.1 Å². The van der Waals surface area contributed by atoms with Crippen LogP contribution in [0, 0.1) is 5.92 Å². The summed E-state index contributed by atoms with van der Waals surface area (Å²) >= 11 is 1.51. The highest BCUT2D eigenvalue weighted by atomic mass is 32.1. The Kier molecular flexibility index (Phi) is 4.84. The molecule has 1 heterocycles. The van der Waals surface area contributed by atoms with Crippen molar-refractivity contribution in [3.63, 3.8) is 0 Å². The van der Waals surface area contributed by atoms with Crippen LogP contribution in [0.5, 0.6) is 0 Å². The standard InChI is InChI=1S/C11H17NOS/c1-9(2)5-6-12-8-10(13)11-4-3-7-14-11/h3-4,7,9,12H,5-6,8H2,1-2H3. The molecule has 0 saturated carbocycles. The van der Waals surface area contributed by atoms with Crippen molar-refractivity contribution < 1.29 is 4.79 Å². The van der Waals surface area contributed by atoms with E-state index in [1.54, 1.807) is 0 Å². The summed E-state index contributed by atoms with van der Waals surface area (Å²) in [6, 6.07) is 3.78. The Morgan fingerprint density at radius 3 is 2.93 bits per heavy atom. The summed E-state index contributed by atoms with van der Waals surface area (Å²) < 4.78 is 0. The first-order chi connectivity index (χ1) is 6.70. The van der Waals surface area contributed by atoms with Crippen molar-refractivity contribution in [2.24, 2.45) is 5.92 Å². The van der Waals surface area contributed by atoms with Gasteiger partial charge in [0.05, 0.1) is 11.4 Å². The molecule has 0 aliphatic carbocycles. The molecular weight excluding hydrogens is 194 g/mol. The minimum Gasteiger partial charge on any atom is -0.310 e. The molecule has 0 aliphatic heterocycles. The van der Waals surface area contributed by atoms with Crippen LogP contribution in [0.3, 0.4) is 0 Å². The number of Topliss-reactive ketones (excluding diaryl/α,β-unsaturated/α-hetero) is 1. The van der Waals surface area contributed by atoms with Crippen LogP contribution < -0.4 is 5.32 Å². The highest BCUT2D eigenvalue weighted by molar-refractivity contribution is 7.12. The van der Waals surface area contributed by atoms with Gasteiger partial charge in [-0.25, -0.2) is 0 Å². The topological polar surface area (TPSA) is 29.1 Å². The summed E-state index contributed by atoms with van der Waals surface area (Å²) in [4.78, 5) is 12.3. The van der Waals surface area contributed by atoms with Crippen molar-refractivity contribution in [1.82, 2.24) is 5.32 Å². The molecule has 1 rings (SSSR count). The molecule has 0 atom stereocenters. The Labute approximate surface area is 89.3 Å². The van der Waals surface area contributed by atoms with Crippen LogP contribution in [0.1, 0.15) is 29.9 Å². The van der Waals surface area contributed by atoms with Gasteiger partial charge in [0.1, 0.15) is 0 Å². The number of hydrogen-bond acceptors (Lipinski definition) is 3. The molecule has 0 fully saturated rings. The van der Waals surface area contributed by atoms with E-state index in [1.165, 1.54) is 11.3 Å². The molecule has 0 bridgehead atoms. The van der Waals surface area contributed by atoms with Crippen LogP contribution >= 0.6 is 11.3 Å². The van der Waals surface area contributed by atoms with E-state index in [4.69, 9.17) is 0 Å². The van der Waals surface area contributed by atoms with Crippen LogP contribution in [-0.4, -0.2) is 18.9 Å². The third-order valence-electron chi connectivity index (χ3n) is 1.98. The highest BCUT2D eigenvalue weighted by Gasteiger charge is 2.05. The SMILES string of the molecule is CC(C)CCNCC(=O)c1cccs1. The fourth-order valence-corrected chi connectivity index (χ4v) is 1.78. The van der Waals surface area contributed by atoms with E-state index >= 15 is 0 Å². The zero-order valence-electron chi connectivity index (χ0n) is 8.75.